The number of imide groups is 1. The fourth-order valence-electron chi connectivity index (χ4n) is 2.32. The largest absolute Gasteiger partial charge is 0.467 e. The maximum Gasteiger partial charge on any atom is 0.420 e. The quantitative estimate of drug-likeness (QED) is 0.270. The molecule has 0 bridgehead atoms. The third-order valence-electron chi connectivity index (χ3n) is 3.42. The van der Waals surface area contributed by atoms with Gasteiger partial charge < -0.3 is 14.2 Å². The number of rotatable bonds is 3. The minimum absolute atomic E-state index is 0.109. The highest BCUT2D eigenvalue weighted by Crippen LogP contribution is 2.57. The van der Waals surface area contributed by atoms with Crippen LogP contribution >= 0.6 is 22.6 Å². The van der Waals surface area contributed by atoms with Crippen molar-refractivity contribution in [3.63, 3.8) is 0 Å². The Hall–Kier alpha value is -1.13. The first-order valence-corrected chi connectivity index (χ1v) is 9.25. The standard InChI is InChI=1S/C16H25FINO6/c1-13(2,3)24-11(21)19(12(22)25-14(4,5)6)16(10(20)23-7)8-15(16,17)9-18/h8-9H2,1-7H3/t15-,16+/m1/s1. The van der Waals surface area contributed by atoms with Gasteiger partial charge in [0.1, 0.15) is 11.2 Å². The number of nitrogens with zero attached hydrogens (tertiary/aromatic N) is 1. The molecule has 1 aliphatic rings. The number of carbonyl (C=O) groups is 3. The number of carbonyl (C=O) groups excluding carboxylic acids is 3. The predicted molar refractivity (Wildman–Crippen MR) is 96.4 cm³/mol. The second-order valence-electron chi connectivity index (χ2n) is 7.92. The van der Waals surface area contributed by atoms with Crippen molar-refractivity contribution in [3.8, 4) is 0 Å². The Bertz CT molecular complexity index is 542. The summed E-state index contributed by atoms with van der Waals surface area (Å²) in [4.78, 5) is 38.0. The number of hydrogen-bond donors (Lipinski definition) is 0. The number of esters is 1. The molecule has 0 aromatic carbocycles. The lowest BCUT2D eigenvalue weighted by Crippen LogP contribution is -2.57. The molecule has 7 nitrogen and oxygen atoms in total. The summed E-state index contributed by atoms with van der Waals surface area (Å²) in [6.45, 7) is 9.56. The maximum atomic E-state index is 15.1. The van der Waals surface area contributed by atoms with Crippen molar-refractivity contribution in [2.45, 2.75) is 70.4 Å². The Morgan fingerprint density at radius 2 is 1.44 bits per heavy atom. The van der Waals surface area contributed by atoms with Crippen molar-refractivity contribution >= 4 is 40.7 Å². The van der Waals surface area contributed by atoms with Gasteiger partial charge in [0.15, 0.2) is 11.2 Å². The Labute approximate surface area is 160 Å². The van der Waals surface area contributed by atoms with Crippen molar-refractivity contribution in [1.82, 2.24) is 4.90 Å². The molecule has 0 radical (unpaired) electrons. The smallest absolute Gasteiger partial charge is 0.420 e. The SMILES string of the molecule is COC(=O)[C@@]1(N(C(=O)OC(C)(C)C)C(=O)OC(C)(C)C)C[C@@]1(F)CI. The van der Waals surface area contributed by atoms with Gasteiger partial charge >= 0.3 is 18.2 Å². The van der Waals surface area contributed by atoms with Crippen LogP contribution in [-0.4, -0.2) is 57.0 Å². The first kappa shape index (κ1) is 21.9. The van der Waals surface area contributed by atoms with E-state index in [1.165, 1.54) is 0 Å². The molecule has 0 spiro atoms. The highest BCUT2D eigenvalue weighted by atomic mass is 127. The molecule has 0 N–H and O–H groups in total. The number of amides is 2. The molecule has 2 amide bonds. The third kappa shape index (κ3) is 4.53. The molecular weight excluding hydrogens is 448 g/mol. The lowest BCUT2D eigenvalue weighted by atomic mass is 10.1. The van der Waals surface area contributed by atoms with Crippen LogP contribution in [-0.2, 0) is 19.0 Å². The molecular formula is C16H25FINO6. The summed E-state index contributed by atoms with van der Waals surface area (Å²) in [5.74, 6) is -1.02. The highest BCUT2D eigenvalue weighted by molar-refractivity contribution is 14.1. The lowest BCUT2D eigenvalue weighted by Gasteiger charge is -2.33. The van der Waals surface area contributed by atoms with Crippen LogP contribution in [0.1, 0.15) is 48.0 Å². The monoisotopic (exact) mass is 473 g/mol. The van der Waals surface area contributed by atoms with E-state index < -0.39 is 40.6 Å². The molecule has 25 heavy (non-hydrogen) atoms. The van der Waals surface area contributed by atoms with E-state index in [2.05, 4.69) is 4.74 Å². The molecule has 2 atom stereocenters. The Morgan fingerprint density at radius 3 is 1.68 bits per heavy atom. The zero-order valence-corrected chi connectivity index (χ0v) is 17.7. The Kier molecular flexibility index (Phi) is 6.03. The summed E-state index contributed by atoms with van der Waals surface area (Å²) >= 11 is 1.75. The van der Waals surface area contributed by atoms with Crippen molar-refractivity contribution in [3.05, 3.63) is 0 Å². The average Bonchev–Trinajstić information content (AvgIpc) is 3.01. The van der Waals surface area contributed by atoms with Gasteiger partial charge in [0.05, 0.1) is 7.11 Å². The zero-order valence-electron chi connectivity index (χ0n) is 15.6. The average molecular weight is 473 g/mol. The van der Waals surface area contributed by atoms with Crippen LogP contribution in [0.15, 0.2) is 0 Å². The van der Waals surface area contributed by atoms with Crippen LogP contribution in [0.2, 0.25) is 0 Å². The van der Waals surface area contributed by atoms with E-state index in [9.17, 15) is 14.4 Å². The van der Waals surface area contributed by atoms with E-state index in [1.807, 2.05) is 0 Å². The van der Waals surface area contributed by atoms with E-state index in [1.54, 1.807) is 64.1 Å². The number of halogens is 2. The fourth-order valence-corrected chi connectivity index (χ4v) is 3.22. The van der Waals surface area contributed by atoms with Crippen LogP contribution in [0.5, 0.6) is 0 Å². The van der Waals surface area contributed by atoms with E-state index in [-0.39, 0.29) is 10.8 Å². The zero-order chi connectivity index (χ0) is 19.8. The molecule has 0 aliphatic heterocycles. The molecule has 0 aromatic heterocycles. The van der Waals surface area contributed by atoms with Gasteiger partial charge in [-0.1, -0.05) is 22.6 Å². The van der Waals surface area contributed by atoms with Gasteiger partial charge in [0.25, 0.3) is 0 Å². The number of alkyl halides is 2. The van der Waals surface area contributed by atoms with Crippen molar-refractivity contribution in [1.29, 1.82) is 0 Å². The summed E-state index contributed by atoms with van der Waals surface area (Å²) in [5.41, 5.74) is -6.10. The first-order valence-electron chi connectivity index (χ1n) is 7.73. The Balaban J connectivity index is 3.37. The number of methoxy groups -OCH3 is 1. The minimum Gasteiger partial charge on any atom is -0.467 e. The van der Waals surface area contributed by atoms with Gasteiger partial charge in [-0.15, -0.1) is 0 Å². The van der Waals surface area contributed by atoms with Gasteiger partial charge in [-0.3, -0.25) is 0 Å². The van der Waals surface area contributed by atoms with E-state index in [0.29, 0.717) is 4.90 Å². The van der Waals surface area contributed by atoms with Gasteiger partial charge in [-0.25, -0.2) is 18.8 Å². The maximum absolute atomic E-state index is 15.1. The van der Waals surface area contributed by atoms with Gasteiger partial charge in [0, 0.05) is 10.8 Å². The van der Waals surface area contributed by atoms with Crippen LogP contribution < -0.4 is 0 Å². The van der Waals surface area contributed by atoms with Gasteiger partial charge in [-0.05, 0) is 41.5 Å². The van der Waals surface area contributed by atoms with Crippen molar-refractivity contribution < 1.29 is 33.0 Å². The molecule has 0 saturated heterocycles. The van der Waals surface area contributed by atoms with Gasteiger partial charge in [0.2, 0.25) is 0 Å². The molecule has 1 saturated carbocycles. The predicted octanol–water partition coefficient (Wildman–Crippen LogP) is 3.62. The molecule has 1 fully saturated rings. The minimum atomic E-state index is -2.10. The molecule has 1 aliphatic carbocycles. The fraction of sp³-hybridized carbons (Fsp3) is 0.812. The second kappa shape index (κ2) is 6.88. The van der Waals surface area contributed by atoms with Crippen LogP contribution in [0.4, 0.5) is 14.0 Å². The second-order valence-corrected chi connectivity index (χ2v) is 8.69. The molecule has 144 valence electrons. The van der Waals surface area contributed by atoms with Crippen molar-refractivity contribution in [2.24, 2.45) is 0 Å². The summed E-state index contributed by atoms with van der Waals surface area (Å²) < 4.78 is 30.0. The van der Waals surface area contributed by atoms with Crippen LogP contribution in [0.3, 0.4) is 0 Å². The number of hydrogen-bond acceptors (Lipinski definition) is 6. The molecule has 1 rings (SSSR count). The van der Waals surface area contributed by atoms with E-state index in [0.717, 1.165) is 7.11 Å². The summed E-state index contributed by atoms with van der Waals surface area (Å²) in [5, 5.41) is 0. The summed E-state index contributed by atoms with van der Waals surface area (Å²) in [6, 6.07) is 0. The van der Waals surface area contributed by atoms with Crippen molar-refractivity contribution in [2.75, 3.05) is 11.5 Å². The number of ether oxygens (including phenoxy) is 3. The molecule has 0 heterocycles. The Morgan fingerprint density at radius 1 is 1.04 bits per heavy atom. The molecule has 0 unspecified atom stereocenters. The molecule has 0 aromatic rings. The lowest BCUT2D eigenvalue weighted by molar-refractivity contribution is -0.150. The van der Waals surface area contributed by atoms with E-state index >= 15 is 4.39 Å². The van der Waals surface area contributed by atoms with Gasteiger partial charge in [-0.2, -0.15) is 4.90 Å². The topological polar surface area (TPSA) is 82.1 Å². The third-order valence-corrected chi connectivity index (χ3v) is 4.63. The summed E-state index contributed by atoms with van der Waals surface area (Å²) in [7, 11) is 1.07. The molecule has 9 heteroatoms. The highest BCUT2D eigenvalue weighted by Gasteiger charge is 2.80. The van der Waals surface area contributed by atoms with E-state index in [4.69, 9.17) is 9.47 Å². The summed E-state index contributed by atoms with van der Waals surface area (Å²) in [6.07, 6.45) is -2.68. The van der Waals surface area contributed by atoms with Crippen LogP contribution in [0.25, 0.3) is 0 Å². The van der Waals surface area contributed by atoms with Crippen LogP contribution in [0, 0.1) is 0 Å². The normalized spacial score (nSPS) is 25.8. The first-order chi connectivity index (χ1) is 11.1.